The maximum Gasteiger partial charge on any atom is 0.0209 e. The minimum atomic E-state index is 0.504. The van der Waals surface area contributed by atoms with Gasteiger partial charge in [0.2, 0.25) is 0 Å². The van der Waals surface area contributed by atoms with Gasteiger partial charge in [-0.3, -0.25) is 0 Å². The Kier molecular flexibility index (Phi) is 3.57. The maximum absolute atomic E-state index is 3.92. The second kappa shape index (κ2) is 4.55. The highest BCUT2D eigenvalue weighted by molar-refractivity contribution is 4.94. The summed E-state index contributed by atoms with van der Waals surface area (Å²) in [5, 5.41) is 3.92. The van der Waals surface area contributed by atoms with Crippen molar-refractivity contribution in [2.45, 2.75) is 65.5 Å². The number of nitrogens with one attached hydrogen (secondary N) is 1. The first-order chi connectivity index (χ1) is 7.76. The van der Waals surface area contributed by atoms with Gasteiger partial charge in [-0.1, -0.05) is 27.7 Å². The van der Waals surface area contributed by atoms with Crippen LogP contribution in [0.15, 0.2) is 0 Å². The fourth-order valence-corrected chi connectivity index (χ4v) is 4.37. The molecule has 1 atom stereocenters. The zero-order valence-electron chi connectivity index (χ0n) is 12.3. The third kappa shape index (κ3) is 3.69. The standard InChI is InChI=1S/C15H30N2/c1-14(2)8-13(9-15(3,4)11-14)16-12-6-7-17(5)10-12/h12-13,16H,6-11H2,1-5H3. The van der Waals surface area contributed by atoms with E-state index in [9.17, 15) is 0 Å². The van der Waals surface area contributed by atoms with Crippen molar-refractivity contribution in [1.82, 2.24) is 10.2 Å². The Hall–Kier alpha value is -0.0800. The molecule has 0 aromatic rings. The molecule has 17 heavy (non-hydrogen) atoms. The highest BCUT2D eigenvalue weighted by Crippen LogP contribution is 2.45. The van der Waals surface area contributed by atoms with E-state index in [0.29, 0.717) is 10.8 Å². The van der Waals surface area contributed by atoms with Crippen LogP contribution in [0.25, 0.3) is 0 Å². The number of rotatable bonds is 2. The lowest BCUT2D eigenvalue weighted by atomic mass is 9.63. The molecule has 2 aliphatic rings. The summed E-state index contributed by atoms with van der Waals surface area (Å²) in [5.41, 5.74) is 1.01. The number of likely N-dealkylation sites (N-methyl/N-ethyl adjacent to an activating group) is 1. The second-order valence-electron chi connectivity index (χ2n) is 8.02. The summed E-state index contributed by atoms with van der Waals surface area (Å²) in [6, 6.07) is 1.46. The molecular formula is C15H30N2. The molecule has 0 spiro atoms. The molecule has 2 heteroatoms. The number of hydrogen-bond acceptors (Lipinski definition) is 2. The summed E-state index contributed by atoms with van der Waals surface area (Å²) in [7, 11) is 2.23. The fourth-order valence-electron chi connectivity index (χ4n) is 4.37. The van der Waals surface area contributed by atoms with E-state index in [0.717, 1.165) is 12.1 Å². The summed E-state index contributed by atoms with van der Waals surface area (Å²) in [5.74, 6) is 0. The van der Waals surface area contributed by atoms with E-state index in [-0.39, 0.29) is 0 Å². The van der Waals surface area contributed by atoms with E-state index >= 15 is 0 Å². The van der Waals surface area contributed by atoms with Crippen LogP contribution in [0.3, 0.4) is 0 Å². The molecule has 0 amide bonds. The van der Waals surface area contributed by atoms with Crippen molar-refractivity contribution < 1.29 is 0 Å². The molecule has 2 nitrogen and oxygen atoms in total. The van der Waals surface area contributed by atoms with Crippen LogP contribution in [0, 0.1) is 10.8 Å². The summed E-state index contributed by atoms with van der Waals surface area (Å²) >= 11 is 0. The Morgan fingerprint density at radius 1 is 1.00 bits per heavy atom. The van der Waals surface area contributed by atoms with Crippen LogP contribution in [-0.4, -0.2) is 37.1 Å². The summed E-state index contributed by atoms with van der Waals surface area (Å²) in [6.45, 7) is 12.2. The Labute approximate surface area is 107 Å². The molecule has 1 aliphatic heterocycles. The first-order valence-electron chi connectivity index (χ1n) is 7.20. The van der Waals surface area contributed by atoms with E-state index in [1.54, 1.807) is 0 Å². The van der Waals surface area contributed by atoms with Crippen LogP contribution in [0.4, 0.5) is 0 Å². The van der Waals surface area contributed by atoms with Crippen LogP contribution < -0.4 is 5.32 Å². The molecule has 2 fully saturated rings. The van der Waals surface area contributed by atoms with Gasteiger partial charge in [0.1, 0.15) is 0 Å². The molecule has 1 N–H and O–H groups in total. The molecule has 0 aromatic carbocycles. The van der Waals surface area contributed by atoms with Crippen molar-refractivity contribution in [1.29, 1.82) is 0 Å². The van der Waals surface area contributed by atoms with Crippen molar-refractivity contribution in [2.24, 2.45) is 10.8 Å². The number of hydrogen-bond donors (Lipinski definition) is 1. The van der Waals surface area contributed by atoms with Gasteiger partial charge >= 0.3 is 0 Å². The van der Waals surface area contributed by atoms with E-state index in [4.69, 9.17) is 0 Å². The van der Waals surface area contributed by atoms with E-state index in [1.165, 1.54) is 38.8 Å². The van der Waals surface area contributed by atoms with Crippen molar-refractivity contribution in [2.75, 3.05) is 20.1 Å². The van der Waals surface area contributed by atoms with Crippen molar-refractivity contribution in [3.05, 3.63) is 0 Å². The van der Waals surface area contributed by atoms with Gasteiger partial charge < -0.3 is 10.2 Å². The molecule has 2 rings (SSSR count). The summed E-state index contributed by atoms with van der Waals surface area (Å²) < 4.78 is 0. The third-order valence-electron chi connectivity index (χ3n) is 4.42. The van der Waals surface area contributed by atoms with Gasteiger partial charge in [0.25, 0.3) is 0 Å². The minimum absolute atomic E-state index is 0.504. The lowest BCUT2D eigenvalue weighted by Crippen LogP contribution is -2.48. The lowest BCUT2D eigenvalue weighted by molar-refractivity contribution is 0.0807. The van der Waals surface area contributed by atoms with E-state index in [2.05, 4.69) is 45.0 Å². The molecule has 100 valence electrons. The van der Waals surface area contributed by atoms with Crippen molar-refractivity contribution >= 4 is 0 Å². The predicted molar refractivity (Wildman–Crippen MR) is 74.2 cm³/mol. The topological polar surface area (TPSA) is 15.3 Å². The van der Waals surface area contributed by atoms with Crippen molar-refractivity contribution in [3.8, 4) is 0 Å². The molecule has 0 bridgehead atoms. The van der Waals surface area contributed by atoms with Gasteiger partial charge in [-0.25, -0.2) is 0 Å². The molecule has 0 radical (unpaired) electrons. The Bertz CT molecular complexity index is 254. The molecule has 1 aliphatic carbocycles. The normalized spacial score (nSPS) is 34.1. The SMILES string of the molecule is CN1CCC(NC2CC(C)(C)CC(C)(C)C2)C1. The number of nitrogens with zero attached hydrogens (tertiary/aromatic N) is 1. The van der Waals surface area contributed by atoms with E-state index < -0.39 is 0 Å². The zero-order chi connectivity index (χ0) is 12.7. The van der Waals surface area contributed by atoms with E-state index in [1.807, 2.05) is 0 Å². The lowest BCUT2D eigenvalue weighted by Gasteiger charge is -2.46. The van der Waals surface area contributed by atoms with Gasteiger partial charge in [-0.15, -0.1) is 0 Å². The van der Waals surface area contributed by atoms with Crippen LogP contribution in [0.5, 0.6) is 0 Å². The van der Waals surface area contributed by atoms with Crippen LogP contribution >= 0.6 is 0 Å². The third-order valence-corrected chi connectivity index (χ3v) is 4.42. The van der Waals surface area contributed by atoms with Crippen LogP contribution in [-0.2, 0) is 0 Å². The first kappa shape index (κ1) is 13.4. The van der Waals surface area contributed by atoms with Gasteiger partial charge in [-0.2, -0.15) is 0 Å². The van der Waals surface area contributed by atoms with Crippen LogP contribution in [0.2, 0.25) is 0 Å². The van der Waals surface area contributed by atoms with Crippen LogP contribution in [0.1, 0.15) is 53.4 Å². The van der Waals surface area contributed by atoms with Gasteiger partial charge in [0.15, 0.2) is 0 Å². The Morgan fingerprint density at radius 2 is 1.59 bits per heavy atom. The maximum atomic E-state index is 3.92. The van der Waals surface area contributed by atoms with Gasteiger partial charge in [-0.05, 0) is 50.1 Å². The average Bonchev–Trinajstić information content (AvgIpc) is 2.44. The highest BCUT2D eigenvalue weighted by atomic mass is 15.2. The van der Waals surface area contributed by atoms with Gasteiger partial charge in [0.05, 0.1) is 0 Å². The molecule has 1 saturated carbocycles. The molecular weight excluding hydrogens is 208 g/mol. The zero-order valence-corrected chi connectivity index (χ0v) is 12.3. The Balaban J connectivity index is 1.92. The van der Waals surface area contributed by atoms with Gasteiger partial charge in [0, 0.05) is 18.6 Å². The molecule has 1 heterocycles. The second-order valence-corrected chi connectivity index (χ2v) is 8.02. The molecule has 1 unspecified atom stereocenters. The predicted octanol–water partition coefficient (Wildman–Crippen LogP) is 2.89. The molecule has 1 saturated heterocycles. The minimum Gasteiger partial charge on any atom is -0.310 e. The average molecular weight is 238 g/mol. The quantitative estimate of drug-likeness (QED) is 0.796. The summed E-state index contributed by atoms with van der Waals surface area (Å²) in [6.07, 6.45) is 5.38. The fraction of sp³-hybridized carbons (Fsp3) is 1.00. The largest absolute Gasteiger partial charge is 0.310 e. The smallest absolute Gasteiger partial charge is 0.0209 e. The Morgan fingerprint density at radius 3 is 2.06 bits per heavy atom. The summed E-state index contributed by atoms with van der Waals surface area (Å²) in [4.78, 5) is 2.44. The number of likely N-dealkylation sites (tertiary alicyclic amines) is 1. The monoisotopic (exact) mass is 238 g/mol. The first-order valence-corrected chi connectivity index (χ1v) is 7.20. The van der Waals surface area contributed by atoms with Crippen molar-refractivity contribution in [3.63, 3.8) is 0 Å². The molecule has 0 aromatic heterocycles. The highest BCUT2D eigenvalue weighted by Gasteiger charge is 2.39.